The maximum absolute atomic E-state index is 6.32. The molecule has 0 heterocycles. The van der Waals surface area contributed by atoms with Gasteiger partial charge in [-0.05, 0) is 30.2 Å². The Labute approximate surface area is 132 Å². The number of nitrogens with one attached hydrogen (secondary N) is 1. The molecule has 2 rings (SSSR count). The van der Waals surface area contributed by atoms with Gasteiger partial charge in [-0.1, -0.05) is 56.6 Å². The lowest BCUT2D eigenvalue weighted by Gasteiger charge is -2.15. The minimum absolute atomic E-state index is 0.417. The highest BCUT2D eigenvalue weighted by molar-refractivity contribution is 6.32. The standard InChI is InChI=1S/C18H22ClNO/c1-4-14-7-5-9-16(11-14)21-18-15(12-20-13(2)3)8-6-10-17(18)19/h5-11,13,20H,4,12H2,1-3H3. The van der Waals surface area contributed by atoms with Gasteiger partial charge in [-0.3, -0.25) is 0 Å². The summed E-state index contributed by atoms with van der Waals surface area (Å²) in [7, 11) is 0. The number of hydrogen-bond acceptors (Lipinski definition) is 2. The molecule has 2 aromatic rings. The fourth-order valence-corrected chi connectivity index (χ4v) is 2.30. The van der Waals surface area contributed by atoms with Crippen molar-refractivity contribution in [1.82, 2.24) is 5.32 Å². The van der Waals surface area contributed by atoms with Gasteiger partial charge >= 0.3 is 0 Å². The van der Waals surface area contributed by atoms with Crippen LogP contribution in [0, 0.1) is 0 Å². The zero-order chi connectivity index (χ0) is 15.2. The lowest BCUT2D eigenvalue weighted by atomic mass is 10.1. The van der Waals surface area contributed by atoms with Crippen LogP contribution in [0.5, 0.6) is 11.5 Å². The van der Waals surface area contributed by atoms with Crippen molar-refractivity contribution in [2.75, 3.05) is 0 Å². The van der Waals surface area contributed by atoms with Gasteiger partial charge in [-0.2, -0.15) is 0 Å². The summed E-state index contributed by atoms with van der Waals surface area (Å²) in [5, 5.41) is 4.04. The average molecular weight is 304 g/mol. The predicted octanol–water partition coefficient (Wildman–Crippen LogP) is 5.19. The molecule has 0 bridgehead atoms. The van der Waals surface area contributed by atoms with Crippen molar-refractivity contribution in [2.24, 2.45) is 0 Å². The molecule has 0 fully saturated rings. The molecule has 0 aromatic heterocycles. The number of halogens is 1. The maximum atomic E-state index is 6.32. The van der Waals surface area contributed by atoms with Crippen molar-refractivity contribution in [3.05, 3.63) is 58.6 Å². The van der Waals surface area contributed by atoms with Crippen molar-refractivity contribution >= 4 is 11.6 Å². The molecule has 112 valence electrons. The topological polar surface area (TPSA) is 21.3 Å². The summed E-state index contributed by atoms with van der Waals surface area (Å²) in [6.07, 6.45) is 0.988. The molecule has 0 aliphatic rings. The first-order chi connectivity index (χ1) is 10.1. The van der Waals surface area contributed by atoms with E-state index >= 15 is 0 Å². The molecule has 0 saturated carbocycles. The highest BCUT2D eigenvalue weighted by atomic mass is 35.5. The maximum Gasteiger partial charge on any atom is 0.150 e. The van der Waals surface area contributed by atoms with Gasteiger partial charge in [0.25, 0.3) is 0 Å². The van der Waals surface area contributed by atoms with E-state index in [9.17, 15) is 0 Å². The number of rotatable bonds is 6. The van der Waals surface area contributed by atoms with E-state index in [0.717, 1.165) is 30.0 Å². The van der Waals surface area contributed by atoms with Crippen molar-refractivity contribution in [2.45, 2.75) is 39.8 Å². The summed E-state index contributed by atoms with van der Waals surface area (Å²) in [6, 6.07) is 14.4. The molecule has 0 atom stereocenters. The third-order valence-corrected chi connectivity index (χ3v) is 3.57. The van der Waals surface area contributed by atoms with Gasteiger partial charge in [0.05, 0.1) is 5.02 Å². The lowest BCUT2D eigenvalue weighted by molar-refractivity contribution is 0.469. The van der Waals surface area contributed by atoms with Gasteiger partial charge in [0.15, 0.2) is 0 Å². The Morgan fingerprint density at radius 2 is 1.90 bits per heavy atom. The van der Waals surface area contributed by atoms with Crippen molar-refractivity contribution in [3.8, 4) is 11.5 Å². The number of hydrogen-bond donors (Lipinski definition) is 1. The van der Waals surface area contributed by atoms with E-state index in [1.54, 1.807) is 0 Å². The minimum atomic E-state index is 0.417. The zero-order valence-corrected chi connectivity index (χ0v) is 13.6. The van der Waals surface area contributed by atoms with Gasteiger partial charge in [-0.25, -0.2) is 0 Å². The second kappa shape index (κ2) is 7.48. The third kappa shape index (κ3) is 4.48. The summed E-state index contributed by atoms with van der Waals surface area (Å²) in [5.41, 5.74) is 2.32. The van der Waals surface area contributed by atoms with E-state index in [4.69, 9.17) is 16.3 Å². The van der Waals surface area contributed by atoms with Gasteiger partial charge in [0.1, 0.15) is 11.5 Å². The second-order valence-electron chi connectivity index (χ2n) is 5.37. The first-order valence-electron chi connectivity index (χ1n) is 7.37. The summed E-state index contributed by atoms with van der Waals surface area (Å²) < 4.78 is 6.04. The Bertz CT molecular complexity index is 596. The number of aryl methyl sites for hydroxylation is 1. The highest BCUT2D eigenvalue weighted by Crippen LogP contribution is 2.33. The third-order valence-electron chi connectivity index (χ3n) is 3.28. The molecule has 3 heteroatoms. The molecule has 0 spiro atoms. The summed E-state index contributed by atoms with van der Waals surface area (Å²) in [4.78, 5) is 0. The van der Waals surface area contributed by atoms with Crippen LogP contribution in [0.15, 0.2) is 42.5 Å². The van der Waals surface area contributed by atoms with Crippen LogP contribution in [-0.2, 0) is 13.0 Å². The highest BCUT2D eigenvalue weighted by Gasteiger charge is 2.10. The lowest BCUT2D eigenvalue weighted by Crippen LogP contribution is -2.22. The van der Waals surface area contributed by atoms with E-state index in [1.807, 2.05) is 30.3 Å². The first kappa shape index (κ1) is 15.9. The van der Waals surface area contributed by atoms with Crippen LogP contribution in [0.4, 0.5) is 0 Å². The monoisotopic (exact) mass is 303 g/mol. The summed E-state index contributed by atoms with van der Waals surface area (Å²) in [5.74, 6) is 1.56. The number of ether oxygens (including phenoxy) is 1. The van der Waals surface area contributed by atoms with Crippen LogP contribution in [0.2, 0.25) is 5.02 Å². The molecule has 0 radical (unpaired) electrons. The van der Waals surface area contributed by atoms with Crippen LogP contribution >= 0.6 is 11.6 Å². The smallest absolute Gasteiger partial charge is 0.150 e. The molecule has 0 aliphatic heterocycles. The van der Waals surface area contributed by atoms with E-state index in [-0.39, 0.29) is 0 Å². The number of benzene rings is 2. The van der Waals surface area contributed by atoms with E-state index in [0.29, 0.717) is 11.1 Å². The SMILES string of the molecule is CCc1cccc(Oc2c(Cl)cccc2CNC(C)C)c1. The van der Waals surface area contributed by atoms with Crippen LogP contribution in [0.1, 0.15) is 31.9 Å². The largest absolute Gasteiger partial charge is 0.455 e. The molecule has 0 unspecified atom stereocenters. The molecule has 2 nitrogen and oxygen atoms in total. The van der Waals surface area contributed by atoms with Crippen LogP contribution in [0.3, 0.4) is 0 Å². The van der Waals surface area contributed by atoms with E-state index in [1.165, 1.54) is 5.56 Å². The van der Waals surface area contributed by atoms with E-state index in [2.05, 4.69) is 38.2 Å². The van der Waals surface area contributed by atoms with Crippen molar-refractivity contribution in [3.63, 3.8) is 0 Å². The zero-order valence-electron chi connectivity index (χ0n) is 12.8. The molecule has 0 saturated heterocycles. The molecular weight excluding hydrogens is 282 g/mol. The van der Waals surface area contributed by atoms with Gasteiger partial charge < -0.3 is 10.1 Å². The van der Waals surface area contributed by atoms with Crippen LogP contribution < -0.4 is 10.1 Å². The predicted molar refractivity (Wildman–Crippen MR) is 89.3 cm³/mol. The van der Waals surface area contributed by atoms with Crippen LogP contribution in [0.25, 0.3) is 0 Å². The molecular formula is C18H22ClNO. The summed E-state index contributed by atoms with van der Waals surface area (Å²) >= 11 is 6.32. The number of para-hydroxylation sites is 1. The normalized spacial score (nSPS) is 10.9. The Morgan fingerprint density at radius 3 is 2.62 bits per heavy atom. The molecule has 1 N–H and O–H groups in total. The Hall–Kier alpha value is -1.51. The minimum Gasteiger partial charge on any atom is -0.455 e. The van der Waals surface area contributed by atoms with Gasteiger partial charge in [0.2, 0.25) is 0 Å². The first-order valence-corrected chi connectivity index (χ1v) is 7.75. The average Bonchev–Trinajstić information content (AvgIpc) is 2.48. The van der Waals surface area contributed by atoms with Crippen LogP contribution in [-0.4, -0.2) is 6.04 Å². The molecule has 21 heavy (non-hydrogen) atoms. The van der Waals surface area contributed by atoms with Gasteiger partial charge in [0, 0.05) is 18.2 Å². The van der Waals surface area contributed by atoms with Crippen molar-refractivity contribution in [1.29, 1.82) is 0 Å². The Kier molecular flexibility index (Phi) is 5.66. The Balaban J connectivity index is 2.25. The van der Waals surface area contributed by atoms with Crippen molar-refractivity contribution < 1.29 is 4.74 Å². The van der Waals surface area contributed by atoms with Gasteiger partial charge in [-0.15, -0.1) is 0 Å². The molecule has 0 amide bonds. The van der Waals surface area contributed by atoms with E-state index < -0.39 is 0 Å². The fourth-order valence-electron chi connectivity index (χ4n) is 2.07. The molecule has 2 aromatic carbocycles. The second-order valence-corrected chi connectivity index (χ2v) is 5.77. The Morgan fingerprint density at radius 1 is 1.14 bits per heavy atom. The quantitative estimate of drug-likeness (QED) is 0.792. The molecule has 0 aliphatic carbocycles. The summed E-state index contributed by atoms with van der Waals surface area (Å²) in [6.45, 7) is 7.11. The fraction of sp³-hybridized carbons (Fsp3) is 0.333.